The van der Waals surface area contributed by atoms with E-state index in [1.807, 2.05) is 49.4 Å². The number of rotatable bonds is 4. The molecule has 2 aromatic rings. The van der Waals surface area contributed by atoms with Gasteiger partial charge in [0.05, 0.1) is 0 Å². The normalized spacial score (nSPS) is 11.2. The van der Waals surface area contributed by atoms with Crippen LogP contribution in [0.1, 0.15) is 19.4 Å². The third kappa shape index (κ3) is 4.00. The van der Waals surface area contributed by atoms with E-state index in [1.54, 1.807) is 11.8 Å². The first-order valence-corrected chi connectivity index (χ1v) is 7.28. The van der Waals surface area contributed by atoms with Gasteiger partial charge in [0.1, 0.15) is 0 Å². The highest BCUT2D eigenvalue weighted by atomic mass is 32.2. The first kappa shape index (κ1) is 14.4. The average molecular weight is 283 g/mol. The molecule has 3 heteroatoms. The van der Waals surface area contributed by atoms with Crippen molar-refractivity contribution in [3.05, 3.63) is 66.2 Å². The standard InChI is InChI=1S/C17H17NOS/c1-3-17(14-7-5-4-6-8-14)20-16-11-9-15(10-12-16)18-13(2)19/h3-12H,1-2H3,(H,18,19)/b17-3-. The Kier molecular flexibility index (Phi) is 5.02. The Morgan fingerprint density at radius 2 is 1.70 bits per heavy atom. The molecule has 0 heterocycles. The Bertz CT molecular complexity index is 603. The van der Waals surface area contributed by atoms with Crippen molar-refractivity contribution >= 4 is 28.3 Å². The van der Waals surface area contributed by atoms with Gasteiger partial charge in [0.25, 0.3) is 0 Å². The number of anilines is 1. The molecule has 1 amide bonds. The fourth-order valence-electron chi connectivity index (χ4n) is 1.82. The third-order valence-electron chi connectivity index (χ3n) is 2.72. The minimum absolute atomic E-state index is 0.0520. The van der Waals surface area contributed by atoms with Crippen LogP contribution < -0.4 is 5.32 Å². The topological polar surface area (TPSA) is 29.1 Å². The molecule has 0 radical (unpaired) electrons. The predicted molar refractivity (Wildman–Crippen MR) is 86.7 cm³/mol. The molecular weight excluding hydrogens is 266 g/mol. The van der Waals surface area contributed by atoms with Gasteiger partial charge in [-0.3, -0.25) is 4.79 Å². The fourth-order valence-corrected chi connectivity index (χ4v) is 2.72. The number of thioether (sulfide) groups is 1. The Balaban J connectivity index is 2.11. The number of amides is 1. The first-order chi connectivity index (χ1) is 9.69. The van der Waals surface area contributed by atoms with Crippen molar-refractivity contribution in [1.82, 2.24) is 0 Å². The molecule has 0 spiro atoms. The molecule has 20 heavy (non-hydrogen) atoms. The molecule has 0 fully saturated rings. The molecule has 0 saturated carbocycles. The molecule has 0 aliphatic carbocycles. The summed E-state index contributed by atoms with van der Waals surface area (Å²) < 4.78 is 0. The van der Waals surface area contributed by atoms with Gasteiger partial charge in [-0.2, -0.15) is 0 Å². The van der Waals surface area contributed by atoms with E-state index in [-0.39, 0.29) is 5.91 Å². The molecular formula is C17H17NOS. The van der Waals surface area contributed by atoms with Gasteiger partial charge in [-0.05, 0) is 36.8 Å². The van der Waals surface area contributed by atoms with Crippen molar-refractivity contribution in [2.75, 3.05) is 5.32 Å². The Morgan fingerprint density at radius 3 is 2.25 bits per heavy atom. The van der Waals surface area contributed by atoms with Gasteiger partial charge in [-0.1, -0.05) is 48.2 Å². The van der Waals surface area contributed by atoms with Crippen molar-refractivity contribution in [1.29, 1.82) is 0 Å². The van der Waals surface area contributed by atoms with E-state index in [4.69, 9.17) is 0 Å². The molecule has 0 aliphatic heterocycles. The Labute approximate surface area is 123 Å². The van der Waals surface area contributed by atoms with E-state index in [2.05, 4.69) is 23.5 Å². The van der Waals surface area contributed by atoms with Gasteiger partial charge < -0.3 is 5.32 Å². The summed E-state index contributed by atoms with van der Waals surface area (Å²) in [5, 5.41) is 2.77. The lowest BCUT2D eigenvalue weighted by molar-refractivity contribution is -0.114. The summed E-state index contributed by atoms with van der Waals surface area (Å²) in [6.45, 7) is 3.55. The number of hydrogen-bond acceptors (Lipinski definition) is 2. The zero-order chi connectivity index (χ0) is 14.4. The highest BCUT2D eigenvalue weighted by molar-refractivity contribution is 8.08. The first-order valence-electron chi connectivity index (χ1n) is 6.46. The monoisotopic (exact) mass is 283 g/mol. The number of nitrogens with one attached hydrogen (secondary N) is 1. The lowest BCUT2D eigenvalue weighted by Gasteiger charge is -2.08. The molecule has 2 rings (SSSR count). The summed E-state index contributed by atoms with van der Waals surface area (Å²) in [4.78, 5) is 13.4. The van der Waals surface area contributed by atoms with Crippen LogP contribution in [-0.4, -0.2) is 5.91 Å². The minimum atomic E-state index is -0.0520. The highest BCUT2D eigenvalue weighted by Crippen LogP contribution is 2.34. The van der Waals surface area contributed by atoms with Crippen molar-refractivity contribution in [3.8, 4) is 0 Å². The predicted octanol–water partition coefficient (Wildman–Crippen LogP) is 4.80. The van der Waals surface area contributed by atoms with E-state index in [9.17, 15) is 4.79 Å². The van der Waals surface area contributed by atoms with Gasteiger partial charge in [-0.25, -0.2) is 0 Å². The van der Waals surface area contributed by atoms with Crippen LogP contribution in [0.5, 0.6) is 0 Å². The van der Waals surface area contributed by atoms with Crippen molar-refractivity contribution in [2.45, 2.75) is 18.7 Å². The van der Waals surface area contributed by atoms with Crippen LogP contribution in [0.3, 0.4) is 0 Å². The maximum atomic E-state index is 11.0. The number of hydrogen-bond donors (Lipinski definition) is 1. The molecule has 0 bridgehead atoms. The van der Waals surface area contributed by atoms with Gasteiger partial charge in [0.15, 0.2) is 0 Å². The number of carbonyl (C=O) groups is 1. The van der Waals surface area contributed by atoms with Crippen LogP contribution in [0, 0.1) is 0 Å². The van der Waals surface area contributed by atoms with Crippen LogP contribution in [0.2, 0.25) is 0 Å². The second kappa shape index (κ2) is 6.96. The molecule has 0 unspecified atom stereocenters. The maximum absolute atomic E-state index is 11.0. The summed E-state index contributed by atoms with van der Waals surface area (Å²) in [5.41, 5.74) is 2.04. The summed E-state index contributed by atoms with van der Waals surface area (Å²) in [5.74, 6) is -0.0520. The van der Waals surface area contributed by atoms with Crippen molar-refractivity contribution in [2.24, 2.45) is 0 Å². The van der Waals surface area contributed by atoms with Crippen molar-refractivity contribution < 1.29 is 4.79 Å². The van der Waals surface area contributed by atoms with Crippen LogP contribution in [0.25, 0.3) is 4.91 Å². The average Bonchev–Trinajstić information content (AvgIpc) is 2.47. The quantitative estimate of drug-likeness (QED) is 0.817. The number of carbonyl (C=O) groups excluding carboxylic acids is 1. The Morgan fingerprint density at radius 1 is 1.05 bits per heavy atom. The largest absolute Gasteiger partial charge is 0.326 e. The highest BCUT2D eigenvalue weighted by Gasteiger charge is 2.03. The van der Waals surface area contributed by atoms with E-state index in [1.165, 1.54) is 17.4 Å². The summed E-state index contributed by atoms with van der Waals surface area (Å²) >= 11 is 1.72. The summed E-state index contributed by atoms with van der Waals surface area (Å²) in [7, 11) is 0. The lowest BCUT2D eigenvalue weighted by atomic mass is 10.2. The van der Waals surface area contributed by atoms with Crippen LogP contribution in [0.4, 0.5) is 5.69 Å². The second-order valence-corrected chi connectivity index (χ2v) is 5.44. The van der Waals surface area contributed by atoms with Gasteiger partial charge in [0, 0.05) is 22.4 Å². The molecule has 1 N–H and O–H groups in total. The zero-order valence-corrected chi connectivity index (χ0v) is 12.4. The van der Waals surface area contributed by atoms with Gasteiger partial charge in [0.2, 0.25) is 5.91 Å². The smallest absolute Gasteiger partial charge is 0.221 e. The van der Waals surface area contributed by atoms with Crippen LogP contribution >= 0.6 is 11.8 Å². The van der Waals surface area contributed by atoms with E-state index < -0.39 is 0 Å². The molecule has 0 aromatic heterocycles. The fraction of sp³-hybridized carbons (Fsp3) is 0.118. The maximum Gasteiger partial charge on any atom is 0.221 e. The SMILES string of the molecule is C/C=C(\Sc1ccc(NC(C)=O)cc1)c1ccccc1. The van der Waals surface area contributed by atoms with Crippen LogP contribution in [0.15, 0.2) is 65.6 Å². The van der Waals surface area contributed by atoms with E-state index in [0.717, 1.165) is 10.6 Å². The number of allylic oxidation sites excluding steroid dienone is 1. The molecule has 2 nitrogen and oxygen atoms in total. The second-order valence-electron chi connectivity index (χ2n) is 4.33. The molecule has 0 atom stereocenters. The van der Waals surface area contributed by atoms with E-state index >= 15 is 0 Å². The van der Waals surface area contributed by atoms with Crippen LogP contribution in [-0.2, 0) is 4.79 Å². The van der Waals surface area contributed by atoms with Crippen molar-refractivity contribution in [3.63, 3.8) is 0 Å². The molecule has 2 aromatic carbocycles. The molecule has 102 valence electrons. The summed E-state index contributed by atoms with van der Waals surface area (Å²) in [6, 6.07) is 18.2. The molecule has 0 aliphatic rings. The minimum Gasteiger partial charge on any atom is -0.326 e. The zero-order valence-electron chi connectivity index (χ0n) is 11.6. The third-order valence-corrected chi connectivity index (χ3v) is 3.92. The van der Waals surface area contributed by atoms with E-state index in [0.29, 0.717) is 0 Å². The summed E-state index contributed by atoms with van der Waals surface area (Å²) in [6.07, 6.45) is 2.11. The lowest BCUT2D eigenvalue weighted by Crippen LogP contribution is -2.05. The van der Waals surface area contributed by atoms with Gasteiger partial charge >= 0.3 is 0 Å². The molecule has 0 saturated heterocycles. The Hall–Kier alpha value is -2.00. The number of benzene rings is 2. The van der Waals surface area contributed by atoms with Gasteiger partial charge in [-0.15, -0.1) is 0 Å².